The fourth-order valence-electron chi connectivity index (χ4n) is 5.32. The van der Waals surface area contributed by atoms with E-state index >= 15 is 0 Å². The Kier molecular flexibility index (Phi) is 9.66. The molecule has 14 heteroatoms. The lowest BCUT2D eigenvalue weighted by Crippen LogP contribution is -2.55. The average Bonchev–Trinajstić information content (AvgIpc) is 3.00. The lowest BCUT2D eigenvalue weighted by atomic mass is 9.79. The maximum Gasteiger partial charge on any atom is 0.573 e. The number of nitrogens with one attached hydrogen (secondary N) is 2. The number of carbonyl (C=O) groups excluding carboxylic acids is 1. The second-order valence-electron chi connectivity index (χ2n) is 11.2. The van der Waals surface area contributed by atoms with E-state index in [1.807, 2.05) is 38.1 Å². The first-order valence-electron chi connectivity index (χ1n) is 14.6. The number of nitrogens with zero attached hydrogens (tertiary/aromatic N) is 1. The molecule has 0 radical (unpaired) electrons. The molecule has 1 fully saturated rings. The molecule has 1 saturated heterocycles. The Morgan fingerprint density at radius 1 is 0.745 bits per heavy atom. The van der Waals surface area contributed by atoms with E-state index in [4.69, 9.17) is 0 Å². The van der Waals surface area contributed by atoms with Gasteiger partial charge in [-0.05, 0) is 92.9 Å². The van der Waals surface area contributed by atoms with Gasteiger partial charge in [-0.15, -0.1) is 13.2 Å². The molecule has 0 unspecified atom stereocenters. The van der Waals surface area contributed by atoms with Gasteiger partial charge >= 0.3 is 6.36 Å². The molecule has 2 N–H and O–H groups in total. The Bertz CT molecular complexity index is 1930. The van der Waals surface area contributed by atoms with Crippen LogP contribution in [-0.4, -0.2) is 35.6 Å². The van der Waals surface area contributed by atoms with E-state index in [1.54, 1.807) is 41.3 Å². The molecule has 5 rings (SSSR count). The van der Waals surface area contributed by atoms with Crippen molar-refractivity contribution in [3.05, 3.63) is 114 Å². The third kappa shape index (κ3) is 8.13. The molecule has 0 bridgehead atoms. The van der Waals surface area contributed by atoms with Crippen LogP contribution in [0.3, 0.4) is 0 Å². The highest BCUT2D eigenvalue weighted by atomic mass is 32.2. The van der Waals surface area contributed by atoms with Crippen LogP contribution in [0.15, 0.2) is 107 Å². The van der Waals surface area contributed by atoms with Gasteiger partial charge in [0.25, 0.3) is 10.0 Å². The van der Waals surface area contributed by atoms with Crippen LogP contribution in [0.2, 0.25) is 0 Å². The number of aryl methyl sites for hydroxylation is 2. The molecule has 9 nitrogen and oxygen atoms in total. The first kappa shape index (κ1) is 33.9. The van der Waals surface area contributed by atoms with Gasteiger partial charge in [-0.25, -0.2) is 21.6 Å². The molecule has 0 saturated carbocycles. The quantitative estimate of drug-likeness (QED) is 0.130. The standard InChI is InChI=1S/C33H32F3N3O6S2/c1-22-5-13-26(14-6-22)39-31(24-9-11-25(12-10-24)38-47(43,44)29-17-7-23(2)8-18-29)30(32(39)40)4-3-21-37-46(41,42)28-19-15-27(16-20-28)45-33(34,35)36/h5-20,30-31,37-38H,3-4,21H2,1-2H3/t30-,31-/m1/s1. The van der Waals surface area contributed by atoms with Crippen molar-refractivity contribution < 1.29 is 39.5 Å². The minimum absolute atomic E-state index is 0.0100. The number of benzene rings is 4. The molecule has 4 aromatic carbocycles. The number of hydrogen-bond acceptors (Lipinski definition) is 6. The highest BCUT2D eigenvalue weighted by molar-refractivity contribution is 7.92. The number of β-lactam (4-membered cyclic amide) rings is 1. The average molecular weight is 688 g/mol. The van der Waals surface area contributed by atoms with E-state index in [1.165, 1.54) is 12.1 Å². The van der Waals surface area contributed by atoms with Gasteiger partial charge in [0.1, 0.15) is 5.75 Å². The number of carbonyl (C=O) groups is 1. The number of hydrogen-bond donors (Lipinski definition) is 2. The van der Waals surface area contributed by atoms with Crippen LogP contribution in [0, 0.1) is 19.8 Å². The summed E-state index contributed by atoms with van der Waals surface area (Å²) in [7, 11) is -7.84. The molecule has 4 aromatic rings. The predicted octanol–water partition coefficient (Wildman–Crippen LogP) is 6.47. The highest BCUT2D eigenvalue weighted by Crippen LogP contribution is 2.45. The number of rotatable bonds is 12. The van der Waals surface area contributed by atoms with Crippen molar-refractivity contribution in [1.29, 1.82) is 0 Å². The summed E-state index contributed by atoms with van der Waals surface area (Å²) in [6, 6.07) is 24.2. The summed E-state index contributed by atoms with van der Waals surface area (Å²) in [5.74, 6) is -1.15. The summed E-state index contributed by atoms with van der Waals surface area (Å²) >= 11 is 0. The van der Waals surface area contributed by atoms with Crippen molar-refractivity contribution in [2.24, 2.45) is 5.92 Å². The lowest BCUT2D eigenvalue weighted by Gasteiger charge is -2.47. The van der Waals surface area contributed by atoms with Crippen LogP contribution in [0.25, 0.3) is 0 Å². The SMILES string of the molecule is Cc1ccc(N2C(=O)[C@H](CCCNS(=O)(=O)c3ccc(OC(F)(F)F)cc3)[C@H]2c2ccc(NS(=O)(=O)c3ccc(C)cc3)cc2)cc1. The van der Waals surface area contributed by atoms with Crippen LogP contribution in [0.4, 0.5) is 24.5 Å². The third-order valence-corrected chi connectivity index (χ3v) is 10.6. The summed E-state index contributed by atoms with van der Waals surface area (Å²) < 4.78 is 97.2. The molecular weight excluding hydrogens is 656 g/mol. The lowest BCUT2D eigenvalue weighted by molar-refractivity contribution is -0.274. The smallest absolute Gasteiger partial charge is 0.406 e. The summed E-state index contributed by atoms with van der Waals surface area (Å²) in [5.41, 5.74) is 3.78. The topological polar surface area (TPSA) is 122 Å². The maximum absolute atomic E-state index is 13.4. The number of halogens is 3. The normalized spacial score (nSPS) is 16.9. The number of amides is 1. The number of ether oxygens (including phenoxy) is 1. The van der Waals surface area contributed by atoms with Gasteiger partial charge in [-0.1, -0.05) is 47.5 Å². The first-order chi connectivity index (χ1) is 22.1. The molecule has 0 spiro atoms. The molecule has 1 aliphatic heterocycles. The number of alkyl halides is 3. The van der Waals surface area contributed by atoms with Crippen LogP contribution < -0.4 is 19.1 Å². The molecular formula is C33H32F3N3O6S2. The van der Waals surface area contributed by atoms with E-state index in [0.29, 0.717) is 24.2 Å². The maximum atomic E-state index is 13.4. The van der Waals surface area contributed by atoms with Gasteiger partial charge < -0.3 is 9.64 Å². The van der Waals surface area contributed by atoms with Gasteiger partial charge in [-0.3, -0.25) is 9.52 Å². The summed E-state index contributed by atoms with van der Waals surface area (Å²) in [5, 5.41) is 0. The zero-order chi connectivity index (χ0) is 34.0. The molecule has 2 atom stereocenters. The van der Waals surface area contributed by atoms with E-state index in [0.717, 1.165) is 41.0 Å². The molecule has 248 valence electrons. The minimum atomic E-state index is -4.90. The largest absolute Gasteiger partial charge is 0.573 e. The Hall–Kier alpha value is -4.40. The monoisotopic (exact) mass is 687 g/mol. The number of anilines is 2. The molecule has 47 heavy (non-hydrogen) atoms. The molecule has 1 amide bonds. The molecule has 0 aliphatic carbocycles. The van der Waals surface area contributed by atoms with Crippen molar-refractivity contribution in [1.82, 2.24) is 4.72 Å². The van der Waals surface area contributed by atoms with Gasteiger partial charge in [0, 0.05) is 17.9 Å². The van der Waals surface area contributed by atoms with E-state index in [-0.39, 0.29) is 28.3 Å². The van der Waals surface area contributed by atoms with Crippen LogP contribution in [0.1, 0.15) is 35.6 Å². The van der Waals surface area contributed by atoms with E-state index in [9.17, 15) is 34.8 Å². The zero-order valence-electron chi connectivity index (χ0n) is 25.4. The Balaban J connectivity index is 1.27. The van der Waals surface area contributed by atoms with E-state index < -0.39 is 38.1 Å². The fourth-order valence-corrected chi connectivity index (χ4v) is 7.45. The molecule has 1 aliphatic rings. The second-order valence-corrected chi connectivity index (χ2v) is 14.6. The molecule has 0 aromatic heterocycles. The van der Waals surface area contributed by atoms with Crippen LogP contribution in [0.5, 0.6) is 5.75 Å². The minimum Gasteiger partial charge on any atom is -0.406 e. The summed E-state index contributed by atoms with van der Waals surface area (Å²) in [6.45, 7) is 3.79. The first-order valence-corrected chi connectivity index (χ1v) is 17.5. The number of sulfonamides is 2. The van der Waals surface area contributed by atoms with Crippen molar-refractivity contribution in [3.63, 3.8) is 0 Å². The Morgan fingerprint density at radius 3 is 1.85 bits per heavy atom. The van der Waals surface area contributed by atoms with Crippen molar-refractivity contribution in [3.8, 4) is 5.75 Å². The van der Waals surface area contributed by atoms with Gasteiger partial charge in [0.15, 0.2) is 0 Å². The summed E-state index contributed by atoms with van der Waals surface area (Å²) in [6.07, 6.45) is -4.25. The second kappa shape index (κ2) is 13.4. The van der Waals surface area contributed by atoms with Crippen LogP contribution >= 0.6 is 0 Å². The van der Waals surface area contributed by atoms with Crippen molar-refractivity contribution in [2.75, 3.05) is 16.2 Å². The van der Waals surface area contributed by atoms with Gasteiger partial charge in [0.05, 0.1) is 21.8 Å². The van der Waals surface area contributed by atoms with E-state index in [2.05, 4.69) is 14.2 Å². The van der Waals surface area contributed by atoms with Crippen molar-refractivity contribution >= 4 is 37.3 Å². The van der Waals surface area contributed by atoms with Gasteiger partial charge in [0.2, 0.25) is 15.9 Å². The third-order valence-electron chi connectivity index (χ3n) is 7.71. The summed E-state index contributed by atoms with van der Waals surface area (Å²) in [4.78, 5) is 15.0. The van der Waals surface area contributed by atoms with Crippen LogP contribution in [-0.2, 0) is 24.8 Å². The van der Waals surface area contributed by atoms with Gasteiger partial charge in [-0.2, -0.15) is 0 Å². The Labute approximate surface area is 271 Å². The fraction of sp³-hybridized carbons (Fsp3) is 0.242. The zero-order valence-corrected chi connectivity index (χ0v) is 27.0. The predicted molar refractivity (Wildman–Crippen MR) is 171 cm³/mol. The Morgan fingerprint density at radius 2 is 1.28 bits per heavy atom. The molecule has 1 heterocycles. The van der Waals surface area contributed by atoms with Crippen molar-refractivity contribution in [2.45, 2.75) is 48.9 Å². The highest BCUT2D eigenvalue weighted by Gasteiger charge is 2.48.